The Morgan fingerprint density at radius 1 is 0.976 bits per heavy atom. The van der Waals surface area contributed by atoms with E-state index in [1.807, 2.05) is 6.92 Å². The molecule has 0 aliphatic carbocycles. The second-order valence-electron chi connectivity index (χ2n) is 8.79. The number of methoxy groups -OCH3 is 1. The second kappa shape index (κ2) is 13.7. The van der Waals surface area contributed by atoms with Gasteiger partial charge >= 0.3 is 6.03 Å². The minimum Gasteiger partial charge on any atom is -0.493 e. The molecule has 0 unspecified atom stereocenters. The summed E-state index contributed by atoms with van der Waals surface area (Å²) in [7, 11) is 1.44. The highest BCUT2D eigenvalue weighted by atomic mass is 79.9. The van der Waals surface area contributed by atoms with Crippen LogP contribution in [0.5, 0.6) is 17.2 Å². The lowest BCUT2D eigenvalue weighted by molar-refractivity contribution is -0.122. The van der Waals surface area contributed by atoms with E-state index in [4.69, 9.17) is 37.4 Å². The van der Waals surface area contributed by atoms with E-state index in [2.05, 4.69) is 26.6 Å². The number of anilines is 2. The van der Waals surface area contributed by atoms with Gasteiger partial charge in [-0.15, -0.1) is 0 Å². The minimum absolute atomic E-state index is 0.168. The zero-order chi connectivity index (χ0) is 30.4. The zero-order valence-electron chi connectivity index (χ0n) is 22.3. The summed E-state index contributed by atoms with van der Waals surface area (Å²) >= 11 is 15.3. The SMILES string of the molecule is CCCOc1ccc(N2C(=O)NC(=O)/C(=C/c3cc(Br)ccc3OCC(=O)Nc3ccc(Cl)c(Cl)c3)C2=O)cc1OC. The van der Waals surface area contributed by atoms with Crippen LogP contribution in [0.3, 0.4) is 0 Å². The number of urea groups is 1. The molecule has 10 nitrogen and oxygen atoms in total. The van der Waals surface area contributed by atoms with Gasteiger partial charge in [0.15, 0.2) is 18.1 Å². The Balaban J connectivity index is 1.58. The molecule has 0 saturated carbocycles. The maximum absolute atomic E-state index is 13.5. The van der Waals surface area contributed by atoms with Gasteiger partial charge in [0.1, 0.15) is 11.3 Å². The summed E-state index contributed by atoms with van der Waals surface area (Å²) in [6.45, 7) is 2.01. The first-order valence-corrected chi connectivity index (χ1v) is 14.1. The number of carbonyl (C=O) groups is 4. The summed E-state index contributed by atoms with van der Waals surface area (Å²) in [6.07, 6.45) is 2.06. The Bertz CT molecular complexity index is 1600. The van der Waals surface area contributed by atoms with Gasteiger partial charge < -0.3 is 19.5 Å². The lowest BCUT2D eigenvalue weighted by Crippen LogP contribution is -2.54. The molecule has 1 aliphatic rings. The monoisotopic (exact) mass is 675 g/mol. The number of halogens is 3. The molecule has 0 aromatic heterocycles. The molecule has 5 amide bonds. The first-order chi connectivity index (χ1) is 20.1. The molecule has 0 bridgehead atoms. The molecular weight excluding hydrogens is 653 g/mol. The van der Waals surface area contributed by atoms with Crippen molar-refractivity contribution in [1.82, 2.24) is 5.32 Å². The van der Waals surface area contributed by atoms with Crippen LogP contribution in [0.1, 0.15) is 18.9 Å². The van der Waals surface area contributed by atoms with Gasteiger partial charge in [-0.25, -0.2) is 9.69 Å². The number of nitrogens with zero attached hydrogens (tertiary/aromatic N) is 1. The van der Waals surface area contributed by atoms with Crippen LogP contribution in [0, 0.1) is 0 Å². The van der Waals surface area contributed by atoms with Crippen LogP contribution in [-0.2, 0) is 14.4 Å². The molecule has 2 N–H and O–H groups in total. The molecule has 0 atom stereocenters. The third-order valence-corrected chi connectivity index (χ3v) is 7.03. The maximum Gasteiger partial charge on any atom is 0.335 e. The predicted molar refractivity (Wildman–Crippen MR) is 163 cm³/mol. The fourth-order valence-electron chi connectivity index (χ4n) is 3.85. The molecule has 3 aromatic rings. The zero-order valence-corrected chi connectivity index (χ0v) is 25.4. The molecule has 0 radical (unpaired) electrons. The van der Waals surface area contributed by atoms with E-state index in [1.165, 1.54) is 31.4 Å². The van der Waals surface area contributed by atoms with E-state index in [0.717, 1.165) is 11.3 Å². The highest BCUT2D eigenvalue weighted by Crippen LogP contribution is 2.34. The van der Waals surface area contributed by atoms with Crippen LogP contribution >= 0.6 is 39.1 Å². The summed E-state index contributed by atoms with van der Waals surface area (Å²) in [6, 6.07) is 13.1. The molecule has 1 saturated heterocycles. The molecule has 13 heteroatoms. The van der Waals surface area contributed by atoms with Gasteiger partial charge in [0.25, 0.3) is 17.7 Å². The van der Waals surface area contributed by atoms with Gasteiger partial charge in [-0.05, 0) is 61.0 Å². The maximum atomic E-state index is 13.5. The third-order valence-electron chi connectivity index (χ3n) is 5.80. The van der Waals surface area contributed by atoms with Crippen LogP contribution in [0.25, 0.3) is 6.08 Å². The van der Waals surface area contributed by atoms with E-state index < -0.39 is 30.4 Å². The minimum atomic E-state index is -0.920. The Morgan fingerprint density at radius 3 is 2.45 bits per heavy atom. The molecule has 3 aromatic carbocycles. The number of rotatable bonds is 10. The molecule has 42 heavy (non-hydrogen) atoms. The normalized spacial score (nSPS) is 14.1. The largest absolute Gasteiger partial charge is 0.493 e. The quantitative estimate of drug-likeness (QED) is 0.193. The van der Waals surface area contributed by atoms with Gasteiger partial charge in [-0.2, -0.15) is 0 Å². The lowest BCUT2D eigenvalue weighted by atomic mass is 10.1. The molecule has 1 fully saturated rings. The van der Waals surface area contributed by atoms with Crippen molar-refractivity contribution in [3.63, 3.8) is 0 Å². The molecular formula is C29H24BrCl2N3O7. The number of imide groups is 2. The van der Waals surface area contributed by atoms with E-state index in [-0.39, 0.29) is 22.0 Å². The summed E-state index contributed by atoms with van der Waals surface area (Å²) in [5.74, 6) is -1.28. The van der Waals surface area contributed by atoms with Crippen LogP contribution in [0.4, 0.5) is 16.2 Å². The van der Waals surface area contributed by atoms with Crippen molar-refractivity contribution < 1.29 is 33.4 Å². The first-order valence-electron chi connectivity index (χ1n) is 12.5. The van der Waals surface area contributed by atoms with Crippen LogP contribution in [0.2, 0.25) is 10.0 Å². The number of hydrogen-bond donors (Lipinski definition) is 2. The van der Waals surface area contributed by atoms with E-state index in [9.17, 15) is 19.2 Å². The van der Waals surface area contributed by atoms with Gasteiger partial charge in [-0.3, -0.25) is 19.7 Å². The van der Waals surface area contributed by atoms with Crippen molar-refractivity contribution >= 4 is 80.3 Å². The molecule has 0 spiro atoms. The van der Waals surface area contributed by atoms with Crippen molar-refractivity contribution in [3.05, 3.63) is 80.3 Å². The van der Waals surface area contributed by atoms with Crippen LogP contribution in [0.15, 0.2) is 64.6 Å². The fourth-order valence-corrected chi connectivity index (χ4v) is 4.53. The Labute approximate surface area is 259 Å². The van der Waals surface area contributed by atoms with Gasteiger partial charge in [0, 0.05) is 21.8 Å². The number of nitrogens with one attached hydrogen (secondary N) is 2. The highest BCUT2D eigenvalue weighted by molar-refractivity contribution is 9.10. The van der Waals surface area contributed by atoms with Gasteiger partial charge in [-0.1, -0.05) is 46.1 Å². The average Bonchev–Trinajstić information content (AvgIpc) is 2.95. The highest BCUT2D eigenvalue weighted by Gasteiger charge is 2.37. The van der Waals surface area contributed by atoms with Crippen molar-refractivity contribution in [2.75, 3.05) is 30.5 Å². The number of carbonyl (C=O) groups excluding carboxylic acids is 4. The van der Waals surface area contributed by atoms with Crippen LogP contribution in [-0.4, -0.2) is 44.1 Å². The smallest absolute Gasteiger partial charge is 0.335 e. The van der Waals surface area contributed by atoms with Crippen molar-refractivity contribution in [3.8, 4) is 17.2 Å². The number of amides is 5. The predicted octanol–water partition coefficient (Wildman–Crippen LogP) is 6.24. The summed E-state index contributed by atoms with van der Waals surface area (Å²) in [5, 5.41) is 5.45. The Kier molecular flexibility index (Phi) is 10.1. The van der Waals surface area contributed by atoms with E-state index in [1.54, 1.807) is 36.4 Å². The van der Waals surface area contributed by atoms with Crippen molar-refractivity contribution in [2.24, 2.45) is 0 Å². The van der Waals surface area contributed by atoms with Gasteiger partial charge in [0.2, 0.25) is 0 Å². The van der Waals surface area contributed by atoms with Crippen LogP contribution < -0.4 is 29.7 Å². The topological polar surface area (TPSA) is 123 Å². The summed E-state index contributed by atoms with van der Waals surface area (Å²) in [4.78, 5) is 52.3. The first kappa shape index (κ1) is 30.9. The standard InChI is InChI=1S/C29H24BrCl2N3O7/c1-3-10-41-24-9-6-19(14-25(24)40-2)35-28(38)20(27(37)34-29(35)39)12-16-11-17(30)4-8-23(16)42-15-26(36)33-18-5-7-21(31)22(32)13-18/h4-9,11-14H,3,10,15H2,1-2H3,(H,33,36)(H,34,37,39)/b20-12-. The molecule has 218 valence electrons. The Morgan fingerprint density at radius 2 is 1.74 bits per heavy atom. The van der Waals surface area contributed by atoms with Crippen molar-refractivity contribution in [1.29, 1.82) is 0 Å². The third kappa shape index (κ3) is 7.22. The number of barbiturate groups is 1. The molecule has 1 heterocycles. The summed E-state index contributed by atoms with van der Waals surface area (Å²) in [5.41, 5.74) is 0.566. The van der Waals surface area contributed by atoms with E-state index >= 15 is 0 Å². The number of ether oxygens (including phenoxy) is 3. The average molecular weight is 677 g/mol. The fraction of sp³-hybridized carbons (Fsp3) is 0.172. The molecule has 1 aliphatic heterocycles. The van der Waals surface area contributed by atoms with E-state index in [0.29, 0.717) is 38.9 Å². The number of hydrogen-bond acceptors (Lipinski definition) is 7. The van der Waals surface area contributed by atoms with Gasteiger partial charge in [0.05, 0.1) is 29.4 Å². The van der Waals surface area contributed by atoms with Crippen molar-refractivity contribution in [2.45, 2.75) is 13.3 Å². The molecule has 4 rings (SSSR count). The Hall–Kier alpha value is -4.06. The number of benzene rings is 3. The summed E-state index contributed by atoms with van der Waals surface area (Å²) < 4.78 is 17.3. The lowest BCUT2D eigenvalue weighted by Gasteiger charge is -2.27. The second-order valence-corrected chi connectivity index (χ2v) is 10.5.